The molecule has 5 heteroatoms. The number of phenolic OH excluding ortho intramolecular Hbond substituents is 1. The lowest BCUT2D eigenvalue weighted by Crippen LogP contribution is -2.13. The predicted octanol–water partition coefficient (Wildman–Crippen LogP) is 1.96. The summed E-state index contributed by atoms with van der Waals surface area (Å²) in [6, 6.07) is 8.89. The van der Waals surface area contributed by atoms with Crippen LogP contribution in [0.15, 0.2) is 42.7 Å². The minimum atomic E-state index is -0.381. The summed E-state index contributed by atoms with van der Waals surface area (Å²) in [4.78, 5) is 18.4. The van der Waals surface area contributed by atoms with Gasteiger partial charge in [-0.15, -0.1) is 0 Å². The number of amides is 1. The molecule has 0 saturated carbocycles. The Morgan fingerprint density at radius 1 is 1.30 bits per heavy atom. The fourth-order valence-corrected chi connectivity index (χ4v) is 2.24. The van der Waals surface area contributed by atoms with Crippen LogP contribution in [-0.2, 0) is 11.2 Å². The van der Waals surface area contributed by atoms with Gasteiger partial charge >= 0.3 is 0 Å². The summed E-state index contributed by atoms with van der Waals surface area (Å²) in [5.41, 5.74) is 8.51. The third-order valence-corrected chi connectivity index (χ3v) is 3.16. The maximum absolute atomic E-state index is 11.1. The number of rotatable bonds is 3. The van der Waals surface area contributed by atoms with Crippen molar-refractivity contribution in [2.75, 3.05) is 0 Å². The molecule has 0 aliphatic carbocycles. The summed E-state index contributed by atoms with van der Waals surface area (Å²) >= 11 is 0. The van der Waals surface area contributed by atoms with Gasteiger partial charge in [0.25, 0.3) is 0 Å². The molecule has 3 aromatic rings. The van der Waals surface area contributed by atoms with E-state index < -0.39 is 0 Å². The van der Waals surface area contributed by atoms with Gasteiger partial charge in [0.1, 0.15) is 11.4 Å². The van der Waals surface area contributed by atoms with Gasteiger partial charge < -0.3 is 15.8 Å². The molecular formula is C15H13N3O2. The first kappa shape index (κ1) is 12.2. The molecule has 0 spiro atoms. The summed E-state index contributed by atoms with van der Waals surface area (Å²) in [6.07, 6.45) is 3.64. The number of hydrogen-bond donors (Lipinski definition) is 3. The van der Waals surface area contributed by atoms with Crippen molar-refractivity contribution in [3.63, 3.8) is 0 Å². The SMILES string of the molecule is NC(=O)Cc1c[nH]c2ncc(-c3cccc(O)c3)cc12. The second-order valence-electron chi connectivity index (χ2n) is 4.63. The van der Waals surface area contributed by atoms with Crippen LogP contribution in [0.1, 0.15) is 5.56 Å². The molecule has 0 aliphatic rings. The van der Waals surface area contributed by atoms with Crippen LogP contribution in [-0.4, -0.2) is 21.0 Å². The number of aromatic nitrogens is 2. The number of nitrogens with one attached hydrogen (secondary N) is 1. The number of nitrogens with two attached hydrogens (primary N) is 1. The highest BCUT2D eigenvalue weighted by Gasteiger charge is 2.09. The number of carbonyl (C=O) groups is 1. The topological polar surface area (TPSA) is 92.0 Å². The molecule has 20 heavy (non-hydrogen) atoms. The van der Waals surface area contributed by atoms with Crippen molar-refractivity contribution in [2.24, 2.45) is 5.73 Å². The number of hydrogen-bond acceptors (Lipinski definition) is 3. The maximum Gasteiger partial charge on any atom is 0.221 e. The van der Waals surface area contributed by atoms with Crippen molar-refractivity contribution in [1.82, 2.24) is 9.97 Å². The van der Waals surface area contributed by atoms with E-state index in [-0.39, 0.29) is 18.1 Å². The smallest absolute Gasteiger partial charge is 0.221 e. The number of aromatic hydroxyl groups is 1. The van der Waals surface area contributed by atoms with E-state index in [1.165, 1.54) is 0 Å². The zero-order chi connectivity index (χ0) is 14.1. The number of pyridine rings is 1. The van der Waals surface area contributed by atoms with Gasteiger partial charge in [-0.3, -0.25) is 4.79 Å². The number of primary amides is 1. The van der Waals surface area contributed by atoms with E-state index in [2.05, 4.69) is 9.97 Å². The van der Waals surface area contributed by atoms with E-state index in [0.717, 1.165) is 22.1 Å². The molecule has 0 fully saturated rings. The summed E-state index contributed by atoms with van der Waals surface area (Å²) in [7, 11) is 0. The lowest BCUT2D eigenvalue weighted by molar-refractivity contribution is -0.117. The Kier molecular flexibility index (Phi) is 2.87. The Labute approximate surface area is 115 Å². The molecular weight excluding hydrogens is 254 g/mol. The van der Waals surface area contributed by atoms with Crippen LogP contribution in [0, 0.1) is 0 Å². The van der Waals surface area contributed by atoms with Gasteiger partial charge in [0, 0.05) is 23.3 Å². The quantitative estimate of drug-likeness (QED) is 0.677. The van der Waals surface area contributed by atoms with Crippen LogP contribution in [0.5, 0.6) is 5.75 Å². The molecule has 2 heterocycles. The first-order valence-corrected chi connectivity index (χ1v) is 6.17. The van der Waals surface area contributed by atoms with Crippen LogP contribution in [0.2, 0.25) is 0 Å². The third kappa shape index (κ3) is 2.21. The molecule has 0 atom stereocenters. The van der Waals surface area contributed by atoms with E-state index in [1.807, 2.05) is 12.1 Å². The van der Waals surface area contributed by atoms with Gasteiger partial charge in [-0.1, -0.05) is 12.1 Å². The Hall–Kier alpha value is -2.82. The predicted molar refractivity (Wildman–Crippen MR) is 76.1 cm³/mol. The lowest BCUT2D eigenvalue weighted by Gasteiger charge is -2.03. The fraction of sp³-hybridized carbons (Fsp3) is 0.0667. The number of carbonyl (C=O) groups excluding carboxylic acids is 1. The average Bonchev–Trinajstić information content (AvgIpc) is 2.80. The second-order valence-corrected chi connectivity index (χ2v) is 4.63. The molecule has 0 aliphatic heterocycles. The summed E-state index contributed by atoms with van der Waals surface area (Å²) in [6.45, 7) is 0. The standard InChI is InChI=1S/C15H13N3O2/c16-14(20)6-11-8-18-15-13(11)5-10(7-17-15)9-2-1-3-12(19)4-9/h1-5,7-8,19H,6H2,(H2,16,20)(H,17,18). The summed E-state index contributed by atoms with van der Waals surface area (Å²) in [5.74, 6) is -0.178. The van der Waals surface area contributed by atoms with Crippen LogP contribution >= 0.6 is 0 Å². The van der Waals surface area contributed by atoms with Crippen molar-refractivity contribution in [3.8, 4) is 16.9 Å². The molecule has 1 aromatic carbocycles. The van der Waals surface area contributed by atoms with E-state index in [4.69, 9.17) is 5.73 Å². The summed E-state index contributed by atoms with van der Waals surface area (Å²) in [5, 5.41) is 10.4. The average molecular weight is 267 g/mol. The molecule has 3 rings (SSSR count). The van der Waals surface area contributed by atoms with E-state index in [9.17, 15) is 9.90 Å². The highest BCUT2D eigenvalue weighted by molar-refractivity contribution is 5.89. The fourth-order valence-electron chi connectivity index (χ4n) is 2.24. The highest BCUT2D eigenvalue weighted by Crippen LogP contribution is 2.26. The highest BCUT2D eigenvalue weighted by atomic mass is 16.3. The van der Waals surface area contributed by atoms with Crippen molar-refractivity contribution < 1.29 is 9.90 Å². The largest absolute Gasteiger partial charge is 0.508 e. The Morgan fingerprint density at radius 2 is 2.15 bits per heavy atom. The second kappa shape index (κ2) is 4.70. The van der Waals surface area contributed by atoms with Crippen molar-refractivity contribution in [1.29, 1.82) is 0 Å². The summed E-state index contributed by atoms with van der Waals surface area (Å²) < 4.78 is 0. The molecule has 0 saturated heterocycles. The number of H-pyrrole nitrogens is 1. The zero-order valence-electron chi connectivity index (χ0n) is 10.6. The van der Waals surface area contributed by atoms with Gasteiger partial charge in [0.05, 0.1) is 6.42 Å². The van der Waals surface area contributed by atoms with Crippen LogP contribution in [0.3, 0.4) is 0 Å². The van der Waals surface area contributed by atoms with E-state index in [0.29, 0.717) is 5.65 Å². The van der Waals surface area contributed by atoms with Gasteiger partial charge in [-0.05, 0) is 29.3 Å². The molecule has 0 radical (unpaired) electrons. The number of phenols is 1. The lowest BCUT2D eigenvalue weighted by atomic mass is 10.0. The van der Waals surface area contributed by atoms with Gasteiger partial charge in [-0.25, -0.2) is 4.98 Å². The third-order valence-electron chi connectivity index (χ3n) is 3.16. The number of fused-ring (bicyclic) bond motifs is 1. The molecule has 4 N–H and O–H groups in total. The molecule has 0 unspecified atom stereocenters. The first-order chi connectivity index (χ1) is 9.63. The Bertz CT molecular complexity index is 793. The molecule has 0 bridgehead atoms. The molecule has 100 valence electrons. The first-order valence-electron chi connectivity index (χ1n) is 6.17. The maximum atomic E-state index is 11.1. The van der Waals surface area contributed by atoms with E-state index in [1.54, 1.807) is 30.6 Å². The molecule has 5 nitrogen and oxygen atoms in total. The molecule has 2 aromatic heterocycles. The van der Waals surface area contributed by atoms with Gasteiger partial charge in [0.15, 0.2) is 0 Å². The number of nitrogens with zero attached hydrogens (tertiary/aromatic N) is 1. The van der Waals surface area contributed by atoms with E-state index >= 15 is 0 Å². The van der Waals surface area contributed by atoms with Gasteiger partial charge in [-0.2, -0.15) is 0 Å². The molecule has 1 amide bonds. The van der Waals surface area contributed by atoms with Gasteiger partial charge in [0.2, 0.25) is 5.91 Å². The van der Waals surface area contributed by atoms with Crippen LogP contribution < -0.4 is 5.73 Å². The Balaban J connectivity index is 2.11. The van der Waals surface area contributed by atoms with Crippen molar-refractivity contribution >= 4 is 16.9 Å². The van der Waals surface area contributed by atoms with Crippen molar-refractivity contribution in [3.05, 3.63) is 48.3 Å². The minimum Gasteiger partial charge on any atom is -0.508 e. The van der Waals surface area contributed by atoms with Crippen LogP contribution in [0.4, 0.5) is 0 Å². The Morgan fingerprint density at radius 3 is 2.90 bits per heavy atom. The van der Waals surface area contributed by atoms with Crippen molar-refractivity contribution in [2.45, 2.75) is 6.42 Å². The van der Waals surface area contributed by atoms with Crippen LogP contribution in [0.25, 0.3) is 22.2 Å². The zero-order valence-corrected chi connectivity index (χ0v) is 10.6. The number of benzene rings is 1. The normalized spacial score (nSPS) is 10.8. The minimum absolute atomic E-state index is 0.172. The number of aromatic amines is 1. The monoisotopic (exact) mass is 267 g/mol.